The summed E-state index contributed by atoms with van der Waals surface area (Å²) in [7, 11) is 0. The lowest BCUT2D eigenvalue weighted by atomic mass is 10.1. The highest BCUT2D eigenvalue weighted by molar-refractivity contribution is 5.47. The second kappa shape index (κ2) is 7.03. The van der Waals surface area contributed by atoms with Gasteiger partial charge in [-0.05, 0) is 43.0 Å². The van der Waals surface area contributed by atoms with E-state index in [0.717, 1.165) is 23.5 Å². The Hall–Kier alpha value is -1.53. The van der Waals surface area contributed by atoms with Crippen molar-refractivity contribution < 1.29 is 9.47 Å². The molecule has 0 heterocycles. The number of hydrogen-bond acceptors (Lipinski definition) is 3. The first-order valence-corrected chi connectivity index (χ1v) is 6.26. The van der Waals surface area contributed by atoms with Crippen LogP contribution in [-0.4, -0.2) is 19.8 Å². The second-order valence-corrected chi connectivity index (χ2v) is 4.87. The van der Waals surface area contributed by atoms with Crippen LogP contribution in [0.15, 0.2) is 12.1 Å². The summed E-state index contributed by atoms with van der Waals surface area (Å²) in [4.78, 5) is 0. The van der Waals surface area contributed by atoms with E-state index in [-0.39, 0.29) is 0 Å². The van der Waals surface area contributed by atoms with E-state index in [9.17, 15) is 0 Å². The molecule has 0 bridgehead atoms. The molecule has 3 nitrogen and oxygen atoms in total. The monoisotopic (exact) mass is 247 g/mol. The SMILES string of the molecule is Cc1cc(C#N)cc(C)c1OCCOCC(C)C. The van der Waals surface area contributed by atoms with Crippen molar-refractivity contribution in [2.24, 2.45) is 5.92 Å². The standard InChI is InChI=1S/C15H21NO2/c1-11(2)10-17-5-6-18-15-12(3)7-14(9-16)8-13(15)4/h7-8,11H,5-6,10H2,1-4H3. The molecule has 1 rings (SSSR count). The van der Waals surface area contributed by atoms with Gasteiger partial charge in [0.1, 0.15) is 12.4 Å². The maximum absolute atomic E-state index is 8.86. The molecule has 0 saturated carbocycles. The Kier molecular flexibility index (Phi) is 5.67. The number of benzene rings is 1. The summed E-state index contributed by atoms with van der Waals surface area (Å²) in [5, 5.41) is 8.86. The molecule has 98 valence electrons. The van der Waals surface area contributed by atoms with E-state index < -0.39 is 0 Å². The minimum atomic E-state index is 0.542. The third kappa shape index (κ3) is 4.38. The van der Waals surface area contributed by atoms with Gasteiger partial charge in [0.15, 0.2) is 0 Å². The normalized spacial score (nSPS) is 10.4. The predicted octanol–water partition coefficient (Wildman–Crippen LogP) is 3.23. The van der Waals surface area contributed by atoms with Crippen LogP contribution in [0.2, 0.25) is 0 Å². The van der Waals surface area contributed by atoms with E-state index in [2.05, 4.69) is 19.9 Å². The van der Waals surface area contributed by atoms with Gasteiger partial charge in [0, 0.05) is 6.61 Å². The number of rotatable bonds is 6. The average Bonchev–Trinajstić information content (AvgIpc) is 2.31. The molecule has 0 aliphatic carbocycles. The Balaban J connectivity index is 2.50. The van der Waals surface area contributed by atoms with E-state index in [1.54, 1.807) is 0 Å². The summed E-state index contributed by atoms with van der Waals surface area (Å²) >= 11 is 0. The summed E-state index contributed by atoms with van der Waals surface area (Å²) < 4.78 is 11.2. The summed E-state index contributed by atoms with van der Waals surface area (Å²) in [6, 6.07) is 5.83. The zero-order valence-electron chi connectivity index (χ0n) is 11.6. The molecule has 0 saturated heterocycles. The lowest BCUT2D eigenvalue weighted by Crippen LogP contribution is -2.11. The first-order chi connectivity index (χ1) is 8.54. The van der Waals surface area contributed by atoms with Crippen molar-refractivity contribution >= 4 is 0 Å². The third-order valence-corrected chi connectivity index (χ3v) is 2.51. The molecule has 0 aliphatic heterocycles. The molecule has 0 amide bonds. The first-order valence-electron chi connectivity index (χ1n) is 6.26. The van der Waals surface area contributed by atoms with Crippen LogP contribution >= 0.6 is 0 Å². The highest BCUT2D eigenvalue weighted by Crippen LogP contribution is 2.24. The highest BCUT2D eigenvalue weighted by atomic mass is 16.5. The van der Waals surface area contributed by atoms with Crippen LogP contribution < -0.4 is 4.74 Å². The highest BCUT2D eigenvalue weighted by Gasteiger charge is 2.06. The zero-order chi connectivity index (χ0) is 13.5. The van der Waals surface area contributed by atoms with Gasteiger partial charge in [-0.3, -0.25) is 0 Å². The van der Waals surface area contributed by atoms with Crippen LogP contribution in [-0.2, 0) is 4.74 Å². The van der Waals surface area contributed by atoms with Crippen molar-refractivity contribution in [1.29, 1.82) is 5.26 Å². The zero-order valence-corrected chi connectivity index (χ0v) is 11.6. The Morgan fingerprint density at radius 2 is 1.78 bits per heavy atom. The fourth-order valence-corrected chi connectivity index (χ4v) is 1.76. The minimum Gasteiger partial charge on any atom is -0.491 e. The topological polar surface area (TPSA) is 42.2 Å². The fraction of sp³-hybridized carbons (Fsp3) is 0.533. The Morgan fingerprint density at radius 1 is 1.17 bits per heavy atom. The van der Waals surface area contributed by atoms with Crippen molar-refractivity contribution in [3.63, 3.8) is 0 Å². The minimum absolute atomic E-state index is 0.542. The molecule has 0 atom stereocenters. The molecule has 0 aromatic heterocycles. The summed E-state index contributed by atoms with van der Waals surface area (Å²) in [6.07, 6.45) is 0. The van der Waals surface area contributed by atoms with Crippen LogP contribution in [0.25, 0.3) is 0 Å². The molecule has 0 spiro atoms. The maximum Gasteiger partial charge on any atom is 0.125 e. The Bertz CT molecular complexity index is 410. The lowest BCUT2D eigenvalue weighted by molar-refractivity contribution is 0.0815. The average molecular weight is 247 g/mol. The molecular weight excluding hydrogens is 226 g/mol. The Morgan fingerprint density at radius 3 is 2.28 bits per heavy atom. The second-order valence-electron chi connectivity index (χ2n) is 4.87. The molecule has 0 fully saturated rings. The number of ether oxygens (including phenoxy) is 2. The summed E-state index contributed by atoms with van der Waals surface area (Å²) in [5.41, 5.74) is 2.67. The molecule has 0 N–H and O–H groups in total. The molecule has 1 aromatic rings. The Labute approximate surface area is 109 Å². The maximum atomic E-state index is 8.86. The molecule has 3 heteroatoms. The van der Waals surface area contributed by atoms with Gasteiger partial charge in [-0.15, -0.1) is 0 Å². The van der Waals surface area contributed by atoms with Crippen molar-refractivity contribution in [1.82, 2.24) is 0 Å². The number of nitrogens with zero attached hydrogens (tertiary/aromatic N) is 1. The predicted molar refractivity (Wildman–Crippen MR) is 71.8 cm³/mol. The summed E-state index contributed by atoms with van der Waals surface area (Å²) in [6.45, 7) is 10.0. The number of aryl methyl sites for hydroxylation is 2. The van der Waals surface area contributed by atoms with Gasteiger partial charge in [0.2, 0.25) is 0 Å². The van der Waals surface area contributed by atoms with Gasteiger partial charge in [-0.2, -0.15) is 5.26 Å². The van der Waals surface area contributed by atoms with Crippen LogP contribution in [0.1, 0.15) is 30.5 Å². The van der Waals surface area contributed by atoms with Crippen molar-refractivity contribution in [3.05, 3.63) is 28.8 Å². The third-order valence-electron chi connectivity index (χ3n) is 2.51. The van der Waals surface area contributed by atoms with Gasteiger partial charge in [-0.25, -0.2) is 0 Å². The van der Waals surface area contributed by atoms with Gasteiger partial charge < -0.3 is 9.47 Å². The van der Waals surface area contributed by atoms with Crippen molar-refractivity contribution in [2.75, 3.05) is 19.8 Å². The number of nitriles is 1. The van der Waals surface area contributed by atoms with E-state index in [4.69, 9.17) is 14.7 Å². The van der Waals surface area contributed by atoms with Crippen LogP contribution in [0.5, 0.6) is 5.75 Å². The van der Waals surface area contributed by atoms with Gasteiger partial charge in [-0.1, -0.05) is 13.8 Å². The number of hydrogen-bond donors (Lipinski definition) is 0. The summed E-state index contributed by atoms with van der Waals surface area (Å²) in [5.74, 6) is 1.41. The largest absolute Gasteiger partial charge is 0.491 e. The molecule has 18 heavy (non-hydrogen) atoms. The molecule has 0 aliphatic rings. The van der Waals surface area contributed by atoms with E-state index in [1.807, 2.05) is 26.0 Å². The van der Waals surface area contributed by atoms with E-state index in [0.29, 0.717) is 24.7 Å². The van der Waals surface area contributed by atoms with Gasteiger partial charge in [0.05, 0.1) is 18.2 Å². The van der Waals surface area contributed by atoms with Crippen LogP contribution in [0, 0.1) is 31.1 Å². The molecule has 0 unspecified atom stereocenters. The van der Waals surface area contributed by atoms with Crippen molar-refractivity contribution in [2.45, 2.75) is 27.7 Å². The van der Waals surface area contributed by atoms with Crippen LogP contribution in [0.3, 0.4) is 0 Å². The van der Waals surface area contributed by atoms with Gasteiger partial charge >= 0.3 is 0 Å². The van der Waals surface area contributed by atoms with Crippen molar-refractivity contribution in [3.8, 4) is 11.8 Å². The molecular formula is C15H21NO2. The van der Waals surface area contributed by atoms with E-state index >= 15 is 0 Å². The quantitative estimate of drug-likeness (QED) is 0.725. The fourth-order valence-electron chi connectivity index (χ4n) is 1.76. The lowest BCUT2D eigenvalue weighted by Gasteiger charge is -2.13. The first kappa shape index (κ1) is 14.5. The van der Waals surface area contributed by atoms with E-state index in [1.165, 1.54) is 0 Å². The smallest absolute Gasteiger partial charge is 0.125 e. The molecule has 0 radical (unpaired) electrons. The van der Waals surface area contributed by atoms with Crippen LogP contribution in [0.4, 0.5) is 0 Å². The molecule has 1 aromatic carbocycles. The van der Waals surface area contributed by atoms with Gasteiger partial charge in [0.25, 0.3) is 0 Å².